The van der Waals surface area contributed by atoms with Crippen LogP contribution in [0.3, 0.4) is 0 Å². The monoisotopic (exact) mass is 1520 g/mol. The number of benzene rings is 18. The summed E-state index contributed by atoms with van der Waals surface area (Å²) in [5, 5.41) is 10.9. The summed E-state index contributed by atoms with van der Waals surface area (Å²) in [4.78, 5) is 10.5. The molecule has 0 N–H and O–H groups in total. The van der Waals surface area contributed by atoms with Crippen LogP contribution >= 0.6 is 0 Å². The molecular formula is C109H74B2N4Si2. The van der Waals surface area contributed by atoms with Gasteiger partial charge in [0.05, 0.1) is 5.41 Å². The lowest BCUT2D eigenvalue weighted by Crippen LogP contribution is -2.77. The fourth-order valence-corrected chi connectivity index (χ4v) is 32.3. The highest BCUT2D eigenvalue weighted by atomic mass is 28.3. The van der Waals surface area contributed by atoms with E-state index in [0.717, 1.165) is 22.7 Å². The van der Waals surface area contributed by atoms with E-state index >= 15 is 0 Å². The Labute approximate surface area is 685 Å². The summed E-state index contributed by atoms with van der Waals surface area (Å²) >= 11 is 0. The van der Waals surface area contributed by atoms with Crippen molar-refractivity contribution >= 4 is 172 Å². The van der Waals surface area contributed by atoms with Crippen LogP contribution in [0, 0.1) is 0 Å². The first kappa shape index (κ1) is 67.2. The molecule has 18 aromatic rings. The molecule has 0 bridgehead atoms. The minimum absolute atomic E-state index is 0.103. The zero-order valence-corrected chi connectivity index (χ0v) is 66.2. The molecule has 2 aliphatic carbocycles. The van der Waals surface area contributed by atoms with Crippen LogP contribution in [0.25, 0.3) is 22.3 Å². The number of hydrogen-bond acceptors (Lipinski definition) is 4. The van der Waals surface area contributed by atoms with E-state index in [0.29, 0.717) is 0 Å². The number of para-hydroxylation sites is 8. The summed E-state index contributed by atoms with van der Waals surface area (Å²) in [5.74, 6) is 0. The van der Waals surface area contributed by atoms with Gasteiger partial charge in [-0.05, 0) is 182 Å². The Morgan fingerprint density at radius 2 is 0.462 bits per heavy atom. The molecule has 4 nitrogen and oxygen atoms in total. The van der Waals surface area contributed by atoms with E-state index in [1.807, 2.05) is 0 Å². The number of fused-ring (bicyclic) bond motifs is 20. The zero-order chi connectivity index (χ0) is 76.9. The molecule has 1 spiro atoms. The highest BCUT2D eigenvalue weighted by Crippen LogP contribution is 2.68. The van der Waals surface area contributed by atoms with Crippen molar-refractivity contribution < 1.29 is 0 Å². The second kappa shape index (κ2) is 26.4. The van der Waals surface area contributed by atoms with Crippen LogP contribution in [-0.2, 0) is 5.41 Å². The number of hydrogen-bond donors (Lipinski definition) is 0. The lowest BCUT2D eigenvalue weighted by molar-refractivity contribution is 0.794. The van der Waals surface area contributed by atoms with Crippen molar-refractivity contribution in [3.8, 4) is 22.3 Å². The molecule has 0 saturated heterocycles. The van der Waals surface area contributed by atoms with Crippen molar-refractivity contribution in [2.75, 3.05) is 19.6 Å². The molecule has 18 aromatic carbocycles. The summed E-state index contributed by atoms with van der Waals surface area (Å²) in [5.41, 5.74) is 30.5. The van der Waals surface area contributed by atoms with Crippen LogP contribution in [0.4, 0.5) is 68.2 Å². The lowest BCUT2D eigenvalue weighted by Gasteiger charge is -2.45. The predicted octanol–water partition coefficient (Wildman–Crippen LogP) is 17.0. The normalized spacial score (nSPS) is 14.6. The Balaban J connectivity index is 0.839. The number of anilines is 12. The van der Waals surface area contributed by atoms with E-state index < -0.39 is 21.6 Å². The smallest absolute Gasteiger partial charge is 0.246 e. The Morgan fingerprint density at radius 3 is 0.786 bits per heavy atom. The van der Waals surface area contributed by atoms with Crippen LogP contribution in [0.15, 0.2) is 449 Å². The first-order chi connectivity index (χ1) is 58.1. The topological polar surface area (TPSA) is 13.0 Å². The fourth-order valence-electron chi connectivity index (χ4n) is 22.1. The Hall–Kier alpha value is -14.3. The van der Waals surface area contributed by atoms with Crippen LogP contribution in [0.1, 0.15) is 22.3 Å². The second-order valence-electron chi connectivity index (χ2n) is 31.9. The molecule has 0 aromatic heterocycles. The van der Waals surface area contributed by atoms with Gasteiger partial charge in [-0.15, -0.1) is 0 Å². The van der Waals surface area contributed by atoms with E-state index in [9.17, 15) is 0 Å². The minimum atomic E-state index is -3.01. The van der Waals surface area contributed by atoms with Crippen molar-refractivity contribution in [3.05, 3.63) is 471 Å². The third-order valence-electron chi connectivity index (χ3n) is 26.5. The van der Waals surface area contributed by atoms with Gasteiger partial charge in [-0.2, -0.15) is 0 Å². The van der Waals surface area contributed by atoms with Crippen LogP contribution in [0.2, 0.25) is 0 Å². The van der Waals surface area contributed by atoms with E-state index in [4.69, 9.17) is 0 Å². The van der Waals surface area contributed by atoms with Crippen molar-refractivity contribution in [1.82, 2.24) is 0 Å². The molecule has 8 heteroatoms. The highest BCUT2D eigenvalue weighted by molar-refractivity contribution is 7.22. The second-order valence-corrected chi connectivity index (χ2v) is 39.4. The third kappa shape index (κ3) is 9.42. The van der Waals surface area contributed by atoms with Crippen molar-refractivity contribution in [2.45, 2.75) is 5.41 Å². The van der Waals surface area contributed by atoms with Gasteiger partial charge in [0.2, 0.25) is 13.4 Å². The first-order valence-electron chi connectivity index (χ1n) is 41.0. The Morgan fingerprint density at radius 1 is 0.197 bits per heavy atom. The maximum Gasteiger partial charge on any atom is 0.246 e. The largest absolute Gasteiger partial charge is 0.311 e. The highest BCUT2D eigenvalue weighted by Gasteiger charge is 2.58. The number of rotatable bonds is 10. The Bertz CT molecular complexity index is 6400. The average Bonchev–Trinajstić information content (AvgIpc) is 1.50. The van der Waals surface area contributed by atoms with Gasteiger partial charge in [0, 0.05) is 79.4 Å². The van der Waals surface area contributed by atoms with Crippen molar-refractivity contribution in [2.24, 2.45) is 0 Å². The quantitative estimate of drug-likeness (QED) is 0.127. The van der Waals surface area contributed by atoms with Gasteiger partial charge < -0.3 is 19.6 Å². The summed E-state index contributed by atoms with van der Waals surface area (Å²) in [6.07, 6.45) is 0. The van der Waals surface area contributed by atoms with Gasteiger partial charge in [-0.1, -0.05) is 375 Å². The molecule has 0 radical (unpaired) electrons. The zero-order valence-electron chi connectivity index (χ0n) is 64.2. The Kier molecular flexibility index (Phi) is 15.2. The minimum Gasteiger partial charge on any atom is -0.311 e. The van der Waals surface area contributed by atoms with Gasteiger partial charge in [0.1, 0.15) is 0 Å². The molecular weight excluding hydrogens is 1440 g/mol. The average molecular weight is 1520 g/mol. The van der Waals surface area contributed by atoms with Crippen LogP contribution in [0.5, 0.6) is 0 Å². The van der Waals surface area contributed by atoms with Crippen LogP contribution in [-0.4, -0.2) is 29.6 Å². The molecule has 0 unspecified atom stereocenters. The van der Waals surface area contributed by atoms with Gasteiger partial charge in [-0.25, -0.2) is 0 Å². The van der Waals surface area contributed by atoms with Crippen LogP contribution < -0.4 is 93.9 Å². The molecule has 4 heterocycles. The molecule has 4 aliphatic heterocycles. The summed E-state index contributed by atoms with van der Waals surface area (Å²) in [7, 11) is -6.03. The molecule has 0 amide bonds. The molecule has 0 fully saturated rings. The predicted molar refractivity (Wildman–Crippen MR) is 498 cm³/mol. The maximum absolute atomic E-state index is 3.01. The molecule has 544 valence electrons. The molecule has 0 saturated carbocycles. The van der Waals surface area contributed by atoms with E-state index in [2.05, 4.69) is 469 Å². The van der Waals surface area contributed by atoms with Gasteiger partial charge in [0.25, 0.3) is 0 Å². The van der Waals surface area contributed by atoms with E-state index in [-0.39, 0.29) is 13.4 Å². The first-order valence-corrected chi connectivity index (χ1v) is 45.0. The standard InChI is InChI=1S/C109H74B2N4Si2/c1-9-37-75(38-10-1)110-91-53-25-27-55-95(91)114(77-41-13-3-14-42-77)107-93(110)71-69-89-105(107)85-73-79(112-97-57-29-33-61-101(97)116(81-45-17-5-18-46-81,82-47-19-6-20-48-82)102-62-34-30-58-98(102)112)65-67-87(85)109(89)88-68-66-80(113-99-59-31-35-63-103(99)117(83-49-21-7-22-50-83,84-51-23-8-24-52-84)104-64-36-32-60-100(104)113)74-86(88)106-90(109)70-72-94-108(106)115(78-43-15-4-16-44-78)96-56-28-26-54-92(96)111(94)76-39-11-2-12-40-76/h1-74H. The summed E-state index contributed by atoms with van der Waals surface area (Å²) < 4.78 is 0. The maximum atomic E-state index is 2.63. The fraction of sp³-hybridized carbons (Fsp3) is 0.00917. The van der Waals surface area contributed by atoms with Crippen molar-refractivity contribution in [3.63, 3.8) is 0 Å². The third-order valence-corrected chi connectivity index (χ3v) is 36.2. The van der Waals surface area contributed by atoms with Gasteiger partial charge in [-0.3, -0.25) is 0 Å². The molecule has 0 atom stereocenters. The lowest BCUT2D eigenvalue weighted by atomic mass is 9.35. The van der Waals surface area contributed by atoms with Gasteiger partial charge >= 0.3 is 0 Å². The SMILES string of the molecule is c1ccc(B2c3ccccc3N(c3ccccc3)c3c2ccc2c3-c3cc(N4c5ccccc5[Si](c5ccccc5)(c5ccccc5)c5ccccc54)ccc3C23c2ccc(N4c5ccccc5[Si](c5ccccc5)(c5ccccc5)c5ccccc54)cc2-c2c3ccc3c2N(c2ccccc2)c2ccccc2B3c2ccccc2)cc1. The van der Waals surface area contributed by atoms with Crippen molar-refractivity contribution in [1.29, 1.82) is 0 Å². The van der Waals surface area contributed by atoms with E-state index in [1.165, 1.54) is 164 Å². The summed E-state index contributed by atoms with van der Waals surface area (Å²) in [6, 6.07) is 172. The number of nitrogens with zero attached hydrogens (tertiary/aromatic N) is 4. The molecule has 6 aliphatic rings. The van der Waals surface area contributed by atoms with Gasteiger partial charge in [0.15, 0.2) is 16.1 Å². The van der Waals surface area contributed by atoms with E-state index in [1.54, 1.807) is 0 Å². The molecule has 117 heavy (non-hydrogen) atoms. The molecule has 24 rings (SSSR count). The summed E-state index contributed by atoms with van der Waals surface area (Å²) in [6.45, 7) is -0.206.